The van der Waals surface area contributed by atoms with Crippen molar-refractivity contribution in [3.05, 3.63) is 29.6 Å². The molecule has 0 spiro atoms. The Bertz CT molecular complexity index is 385. The number of nitrogens with zero attached hydrogens (tertiary/aromatic N) is 1. The van der Waals surface area contributed by atoms with Crippen molar-refractivity contribution in [3.63, 3.8) is 0 Å². The highest BCUT2D eigenvalue weighted by Crippen LogP contribution is 2.23. The number of hydrogen-bond donors (Lipinski definition) is 1. The zero-order valence-electron chi connectivity index (χ0n) is 8.40. The van der Waals surface area contributed by atoms with Gasteiger partial charge in [0.05, 0.1) is 19.1 Å². The molecule has 1 fully saturated rings. The average Bonchev–Trinajstić information content (AvgIpc) is 2.43. The Morgan fingerprint density at radius 3 is 2.73 bits per heavy atom. The number of rotatable bonds is 1. The number of halogens is 1. The smallest absolute Gasteiger partial charge is 0.229 e. The molecule has 0 saturated carbocycles. The number of carbonyl (C=O) groups is 1. The fraction of sp³-hybridized carbons (Fsp3) is 0.364. The summed E-state index contributed by atoms with van der Waals surface area (Å²) in [6.45, 7) is 2.02. The molecule has 1 aliphatic heterocycles. The van der Waals surface area contributed by atoms with Gasteiger partial charge < -0.3 is 10.0 Å². The number of aryl methyl sites for hydroxylation is 1. The Kier molecular flexibility index (Phi) is 2.44. The summed E-state index contributed by atoms with van der Waals surface area (Å²) < 4.78 is 13.1. The molecule has 2 rings (SSSR count). The summed E-state index contributed by atoms with van der Waals surface area (Å²) in [4.78, 5) is 12.9. The van der Waals surface area contributed by atoms with E-state index in [4.69, 9.17) is 0 Å². The van der Waals surface area contributed by atoms with Gasteiger partial charge in [-0.2, -0.15) is 0 Å². The van der Waals surface area contributed by atoms with Gasteiger partial charge in [0.2, 0.25) is 5.91 Å². The van der Waals surface area contributed by atoms with E-state index in [1.807, 2.05) is 0 Å². The largest absolute Gasteiger partial charge is 0.391 e. The minimum atomic E-state index is -0.638. The lowest BCUT2D eigenvalue weighted by Gasteiger charge is -2.16. The molecule has 1 atom stereocenters. The van der Waals surface area contributed by atoms with Gasteiger partial charge >= 0.3 is 0 Å². The molecule has 1 saturated heterocycles. The van der Waals surface area contributed by atoms with E-state index < -0.39 is 6.10 Å². The topological polar surface area (TPSA) is 40.5 Å². The number of amides is 1. The number of benzene rings is 1. The van der Waals surface area contributed by atoms with Gasteiger partial charge in [-0.15, -0.1) is 0 Å². The zero-order valence-corrected chi connectivity index (χ0v) is 8.40. The molecule has 0 radical (unpaired) electrons. The molecule has 1 aromatic rings. The number of carbonyl (C=O) groups excluding carboxylic acids is 1. The maximum absolute atomic E-state index is 13.1. The van der Waals surface area contributed by atoms with E-state index in [0.717, 1.165) is 5.56 Å². The van der Waals surface area contributed by atoms with E-state index in [2.05, 4.69) is 0 Å². The molecule has 1 aliphatic rings. The number of β-amino-alcohol motifs (C(OH)–C–C–N with tert-alkyl or cyclic N) is 1. The van der Waals surface area contributed by atoms with Gasteiger partial charge in [0, 0.05) is 5.69 Å². The van der Waals surface area contributed by atoms with Crippen LogP contribution < -0.4 is 4.90 Å². The fourth-order valence-electron chi connectivity index (χ4n) is 1.81. The average molecular weight is 209 g/mol. The van der Waals surface area contributed by atoms with Crippen LogP contribution in [0.4, 0.5) is 10.1 Å². The molecular weight excluding hydrogens is 197 g/mol. The second-order valence-electron chi connectivity index (χ2n) is 3.85. The van der Waals surface area contributed by atoms with Crippen molar-refractivity contribution in [2.75, 3.05) is 11.4 Å². The molecule has 15 heavy (non-hydrogen) atoms. The highest BCUT2D eigenvalue weighted by molar-refractivity contribution is 5.96. The highest BCUT2D eigenvalue weighted by atomic mass is 19.1. The van der Waals surface area contributed by atoms with Crippen molar-refractivity contribution in [2.24, 2.45) is 0 Å². The predicted molar refractivity (Wildman–Crippen MR) is 54.1 cm³/mol. The van der Waals surface area contributed by atoms with Crippen molar-refractivity contribution in [1.29, 1.82) is 0 Å². The second-order valence-corrected chi connectivity index (χ2v) is 3.85. The summed E-state index contributed by atoms with van der Waals surface area (Å²) in [5.74, 6) is -0.522. The van der Waals surface area contributed by atoms with Crippen molar-refractivity contribution < 1.29 is 14.3 Å². The van der Waals surface area contributed by atoms with Crippen molar-refractivity contribution >= 4 is 11.6 Å². The summed E-state index contributed by atoms with van der Waals surface area (Å²) in [5.41, 5.74) is 1.29. The molecule has 1 aromatic carbocycles. The van der Waals surface area contributed by atoms with E-state index in [1.165, 1.54) is 17.0 Å². The van der Waals surface area contributed by atoms with Crippen LogP contribution in [0.5, 0.6) is 0 Å². The van der Waals surface area contributed by atoms with E-state index >= 15 is 0 Å². The molecule has 1 unspecified atom stereocenters. The molecule has 4 heteroatoms. The summed E-state index contributed by atoms with van der Waals surface area (Å²) in [7, 11) is 0. The second kappa shape index (κ2) is 3.62. The van der Waals surface area contributed by atoms with Gasteiger partial charge in [-0.05, 0) is 30.7 Å². The van der Waals surface area contributed by atoms with E-state index in [-0.39, 0.29) is 24.7 Å². The number of aliphatic hydroxyl groups is 1. The Morgan fingerprint density at radius 1 is 1.47 bits per heavy atom. The van der Waals surface area contributed by atoms with Crippen LogP contribution in [0, 0.1) is 12.7 Å². The number of hydrogen-bond acceptors (Lipinski definition) is 2. The standard InChI is InChI=1S/C11H12FNO2/c1-7-2-8(12)4-9(3-7)13-6-10(14)5-11(13)15/h2-4,10,14H,5-6H2,1H3. The molecule has 0 aliphatic carbocycles. The zero-order chi connectivity index (χ0) is 11.0. The third-order valence-electron chi connectivity index (χ3n) is 2.44. The molecule has 0 bridgehead atoms. The first-order chi connectivity index (χ1) is 7.06. The van der Waals surface area contributed by atoms with Crippen LogP contribution in [0.3, 0.4) is 0 Å². The Labute approximate surface area is 87.1 Å². The van der Waals surface area contributed by atoms with Crippen LogP contribution in [0.15, 0.2) is 18.2 Å². The summed E-state index contributed by atoms with van der Waals surface area (Å²) >= 11 is 0. The highest BCUT2D eigenvalue weighted by Gasteiger charge is 2.29. The summed E-state index contributed by atoms with van der Waals surface area (Å²) in [5, 5.41) is 9.31. The van der Waals surface area contributed by atoms with Gasteiger partial charge in [0.1, 0.15) is 5.82 Å². The molecule has 1 amide bonds. The SMILES string of the molecule is Cc1cc(F)cc(N2CC(O)CC2=O)c1. The van der Waals surface area contributed by atoms with Crippen LogP contribution in [-0.2, 0) is 4.79 Å². The normalized spacial score (nSPS) is 21.1. The van der Waals surface area contributed by atoms with Crippen LogP contribution in [0.1, 0.15) is 12.0 Å². The maximum Gasteiger partial charge on any atom is 0.229 e. The van der Waals surface area contributed by atoms with E-state index in [0.29, 0.717) is 5.69 Å². The molecule has 1 heterocycles. The number of anilines is 1. The minimum Gasteiger partial charge on any atom is -0.391 e. The van der Waals surface area contributed by atoms with Crippen LogP contribution in [0.25, 0.3) is 0 Å². The van der Waals surface area contributed by atoms with Gasteiger partial charge in [-0.1, -0.05) is 0 Å². The maximum atomic E-state index is 13.1. The lowest BCUT2D eigenvalue weighted by Crippen LogP contribution is -2.25. The Balaban J connectivity index is 2.33. The predicted octanol–water partition coefficient (Wildman–Crippen LogP) is 1.23. The summed E-state index contributed by atoms with van der Waals surface area (Å²) in [6.07, 6.45) is -0.517. The van der Waals surface area contributed by atoms with Crippen LogP contribution >= 0.6 is 0 Å². The van der Waals surface area contributed by atoms with Crippen molar-refractivity contribution in [1.82, 2.24) is 0 Å². The molecule has 80 valence electrons. The fourth-order valence-corrected chi connectivity index (χ4v) is 1.81. The van der Waals surface area contributed by atoms with E-state index in [9.17, 15) is 14.3 Å². The van der Waals surface area contributed by atoms with Crippen molar-refractivity contribution in [3.8, 4) is 0 Å². The molecule has 0 aromatic heterocycles. The number of aliphatic hydroxyl groups excluding tert-OH is 1. The Hall–Kier alpha value is -1.42. The van der Waals surface area contributed by atoms with Gasteiger partial charge in [0.15, 0.2) is 0 Å². The molecule has 1 N–H and O–H groups in total. The summed E-state index contributed by atoms with van der Waals surface area (Å²) in [6, 6.07) is 4.45. The van der Waals surface area contributed by atoms with Crippen LogP contribution in [0.2, 0.25) is 0 Å². The van der Waals surface area contributed by atoms with Gasteiger partial charge in [-0.3, -0.25) is 4.79 Å². The molecular formula is C11H12FNO2. The first-order valence-electron chi connectivity index (χ1n) is 4.82. The third-order valence-corrected chi connectivity index (χ3v) is 2.44. The lowest BCUT2D eigenvalue weighted by molar-refractivity contribution is -0.117. The Morgan fingerprint density at radius 2 is 2.20 bits per heavy atom. The first kappa shape index (κ1) is 10.1. The quantitative estimate of drug-likeness (QED) is 0.755. The first-order valence-corrected chi connectivity index (χ1v) is 4.82. The van der Waals surface area contributed by atoms with Gasteiger partial charge in [0.25, 0.3) is 0 Å². The van der Waals surface area contributed by atoms with Crippen molar-refractivity contribution in [2.45, 2.75) is 19.4 Å². The van der Waals surface area contributed by atoms with Crippen LogP contribution in [-0.4, -0.2) is 23.7 Å². The minimum absolute atomic E-state index is 0.121. The monoisotopic (exact) mass is 209 g/mol. The molecule has 3 nitrogen and oxygen atoms in total. The third kappa shape index (κ3) is 1.99. The van der Waals surface area contributed by atoms with Gasteiger partial charge in [-0.25, -0.2) is 4.39 Å². The lowest BCUT2D eigenvalue weighted by atomic mass is 10.2. The van der Waals surface area contributed by atoms with E-state index in [1.54, 1.807) is 13.0 Å².